The van der Waals surface area contributed by atoms with Gasteiger partial charge in [0, 0.05) is 66.4 Å². The fourth-order valence-corrected chi connectivity index (χ4v) is 21.9. The number of aryl methyl sites for hydroxylation is 2. The van der Waals surface area contributed by atoms with Gasteiger partial charge in [0.05, 0.1) is 23.1 Å². The maximum Gasteiger partial charge on any atom is 0.268 e. The molecule has 0 aromatic heterocycles. The first kappa shape index (κ1) is 64.1. The molecule has 14 heteroatoms. The lowest BCUT2D eigenvalue weighted by Gasteiger charge is -2.63. The molecule has 5 heterocycles. The Hall–Kier alpha value is -7.58. The molecule has 97 heavy (non-hydrogen) atoms. The largest absolute Gasteiger partial charge is 0.508 e. The summed E-state index contributed by atoms with van der Waals surface area (Å²) in [6.45, 7) is 2.84. The Labute approximate surface area is 570 Å². The number of phenolic OH excluding ortho intramolecular Hbond substituents is 1. The maximum absolute atomic E-state index is 14.9. The second-order valence-corrected chi connectivity index (χ2v) is 31.9. The second kappa shape index (κ2) is 25.3. The quantitative estimate of drug-likeness (QED) is 0.0222. The molecule has 10 N–H and O–H groups in total. The van der Waals surface area contributed by atoms with E-state index in [1.165, 1.54) is 27.5 Å². The van der Waals surface area contributed by atoms with Crippen molar-refractivity contribution in [1.29, 1.82) is 0 Å². The molecule has 18 rings (SSSR count). The summed E-state index contributed by atoms with van der Waals surface area (Å²) in [6.07, 6.45) is 13.8. The Balaban J connectivity index is 0.840. The number of nitrogens with two attached hydrogens (primary N) is 2. The van der Waals surface area contributed by atoms with Gasteiger partial charge in [0.2, 0.25) is 5.72 Å². The van der Waals surface area contributed by atoms with Crippen LogP contribution in [0.5, 0.6) is 11.5 Å². The number of benzene rings is 7. The standard InChI is InChI=1S/C83H90N4O9S/c1-47-15-16-55-39-62-25-29-65(55)70(47)44-78(97(92,93)94)72-41-58-37-57(40-63-33-49(46-88)11-8-13-52-38-61(89)24-28-69(52)80(58)95-63)79(72)50-17-22-60(23-18-50)83(96-62,87-81(84)85)76-42-56-21-31-74-67(30-32-73(56)82(74,91)75(76)34-48-9-4-3-5-10-48)53-20-27-68-54(35-53)19-26-66-59(45-86-2)36-51-12-6-7-14-64(51)71(66)43-77(68)90/h3-7,9-10,12,14,17-18,20-25,27-29,31,35-36,38-39,41,47,49,56-57,63,67,70,72-80,86,88-91H,11,15-16,19,26,30,32-34,37,40,42-46H2,1-2H3,(H4,84,85,87)(H,92,93,94)/t47-,49+,56-,57-,63-,67+,70+,72-,73-,74-,75-,76+,77-,78-,79+,80-,82-,83-/m1/s1. The fourth-order valence-electron chi connectivity index (χ4n) is 20.8. The molecule has 13 nitrogen and oxygen atoms in total. The summed E-state index contributed by atoms with van der Waals surface area (Å²) in [7, 11) is -2.75. The number of fused-ring (bicyclic) bond motifs is 12. The van der Waals surface area contributed by atoms with Crippen molar-refractivity contribution >= 4 is 26.9 Å². The molecule has 7 aromatic rings. The number of aliphatic hydroxyl groups is 3. The van der Waals surface area contributed by atoms with Crippen molar-refractivity contribution in [2.24, 2.45) is 69.7 Å². The van der Waals surface area contributed by atoms with Crippen LogP contribution in [0.2, 0.25) is 0 Å². The molecule has 0 amide bonds. The molecule has 14 bridgehead atoms. The van der Waals surface area contributed by atoms with Crippen molar-refractivity contribution < 1.29 is 42.9 Å². The number of hydrogen-bond acceptors (Lipinski definition) is 10. The first-order valence-corrected chi connectivity index (χ1v) is 37.2. The van der Waals surface area contributed by atoms with E-state index in [0.717, 1.165) is 95.2 Å². The fraction of sp³-hybridized carbons (Fsp3) is 0.434. The molecule has 0 radical (unpaired) electrons. The van der Waals surface area contributed by atoms with E-state index in [-0.39, 0.29) is 78.2 Å². The van der Waals surface area contributed by atoms with Crippen molar-refractivity contribution in [3.8, 4) is 23.3 Å². The number of guanidine groups is 1. The van der Waals surface area contributed by atoms with Gasteiger partial charge in [-0.05, 0) is 234 Å². The lowest BCUT2D eigenvalue weighted by molar-refractivity contribution is -0.213. The number of rotatable bonds is 9. The van der Waals surface area contributed by atoms with Gasteiger partial charge in [-0.3, -0.25) is 4.55 Å². The molecule has 5 aliphatic heterocycles. The minimum absolute atomic E-state index is 0.0562. The summed E-state index contributed by atoms with van der Waals surface area (Å²) < 4.78 is 56.5. The van der Waals surface area contributed by atoms with Gasteiger partial charge in [-0.1, -0.05) is 146 Å². The number of nitrogens with one attached hydrogen (secondary N) is 1. The summed E-state index contributed by atoms with van der Waals surface area (Å²) in [4.78, 5) is 5.47. The summed E-state index contributed by atoms with van der Waals surface area (Å²) in [5.74, 6) is 3.88. The second-order valence-electron chi connectivity index (χ2n) is 30.3. The van der Waals surface area contributed by atoms with Gasteiger partial charge in [0.25, 0.3) is 10.1 Å². The van der Waals surface area contributed by atoms with Crippen molar-refractivity contribution in [3.63, 3.8) is 0 Å². The summed E-state index contributed by atoms with van der Waals surface area (Å²) in [5.41, 5.74) is 24.9. The first-order valence-electron chi connectivity index (χ1n) is 35.7. The van der Waals surface area contributed by atoms with E-state index in [2.05, 4.69) is 152 Å². The number of nitrogens with zero attached hydrogens (tertiary/aromatic N) is 1. The Morgan fingerprint density at radius 2 is 1.56 bits per heavy atom. The van der Waals surface area contributed by atoms with E-state index in [4.69, 9.17) is 25.9 Å². The number of hydrogen-bond donors (Lipinski definition) is 8. The number of aromatic hydroxyl groups is 1. The van der Waals surface area contributed by atoms with Crippen LogP contribution in [0.3, 0.4) is 0 Å². The van der Waals surface area contributed by atoms with Crippen molar-refractivity contribution in [2.45, 2.75) is 156 Å². The Morgan fingerprint density at radius 1 is 0.773 bits per heavy atom. The average molecular weight is 1320 g/mol. The molecule has 0 spiro atoms. The van der Waals surface area contributed by atoms with Gasteiger partial charge in [0.1, 0.15) is 17.6 Å². The molecule has 2 saturated carbocycles. The third kappa shape index (κ3) is 11.3. The van der Waals surface area contributed by atoms with E-state index in [1.54, 1.807) is 12.1 Å². The Bertz CT molecular complexity index is 4480. The predicted octanol–water partition coefficient (Wildman–Crippen LogP) is 13.0. The topological polar surface area (TPSA) is 230 Å². The number of aliphatic hydroxyl groups excluding tert-OH is 2. The number of phenols is 1. The van der Waals surface area contributed by atoms with Crippen molar-refractivity contribution in [3.05, 3.63) is 236 Å². The monoisotopic (exact) mass is 1320 g/mol. The molecule has 6 aliphatic carbocycles. The lowest BCUT2D eigenvalue weighted by atomic mass is 9.44. The number of aliphatic imine (C=N–C) groups is 1. The van der Waals surface area contributed by atoms with Crippen LogP contribution >= 0.6 is 0 Å². The highest BCUT2D eigenvalue weighted by Gasteiger charge is 2.66. The van der Waals surface area contributed by atoms with Gasteiger partial charge in [0.15, 0.2) is 5.96 Å². The zero-order valence-corrected chi connectivity index (χ0v) is 56.3. The zero-order valence-electron chi connectivity index (χ0n) is 55.4. The van der Waals surface area contributed by atoms with Gasteiger partial charge < -0.3 is 46.7 Å². The minimum Gasteiger partial charge on any atom is -0.508 e. The molecule has 1 saturated heterocycles. The van der Waals surface area contributed by atoms with Crippen molar-refractivity contribution in [2.75, 3.05) is 13.7 Å². The van der Waals surface area contributed by atoms with E-state index in [0.29, 0.717) is 61.8 Å². The van der Waals surface area contributed by atoms with Crippen LogP contribution in [0.25, 0.3) is 10.8 Å². The third-order valence-corrected chi connectivity index (χ3v) is 26.3. The van der Waals surface area contributed by atoms with Crippen LogP contribution < -0.4 is 21.5 Å². The predicted molar refractivity (Wildman–Crippen MR) is 378 cm³/mol. The minimum atomic E-state index is -4.74. The van der Waals surface area contributed by atoms with E-state index in [1.807, 2.05) is 25.2 Å². The highest BCUT2D eigenvalue weighted by Crippen LogP contribution is 2.65. The lowest BCUT2D eigenvalue weighted by Crippen LogP contribution is -2.67. The molecule has 11 aliphatic rings. The first-order chi connectivity index (χ1) is 47.0. The smallest absolute Gasteiger partial charge is 0.268 e. The molecule has 18 atom stereocenters. The van der Waals surface area contributed by atoms with Crippen LogP contribution in [0.4, 0.5) is 0 Å². The van der Waals surface area contributed by atoms with E-state index >= 15 is 0 Å². The van der Waals surface area contributed by atoms with Crippen LogP contribution in [0.1, 0.15) is 167 Å². The van der Waals surface area contributed by atoms with Crippen LogP contribution in [0.15, 0.2) is 168 Å². The number of ether oxygens (including phenoxy) is 2. The van der Waals surface area contributed by atoms with Gasteiger partial charge in [-0.25, -0.2) is 4.99 Å². The molecular formula is C83H90N4O9S. The van der Waals surface area contributed by atoms with Gasteiger partial charge in [-0.15, -0.1) is 0 Å². The zero-order chi connectivity index (χ0) is 66.6. The van der Waals surface area contributed by atoms with Crippen LogP contribution in [-0.2, 0) is 59.2 Å². The highest BCUT2D eigenvalue weighted by atomic mass is 32.2. The summed E-state index contributed by atoms with van der Waals surface area (Å²) in [6, 6.07) is 47.8. The maximum atomic E-state index is 14.9. The molecule has 502 valence electrons. The van der Waals surface area contributed by atoms with Crippen molar-refractivity contribution in [1.82, 2.24) is 5.32 Å². The normalized spacial score (nSPS) is 33.0. The van der Waals surface area contributed by atoms with Crippen LogP contribution in [0, 0.1) is 65.1 Å². The molecule has 7 aromatic carbocycles. The number of allylic oxidation sites excluding steroid dienone is 2. The molecule has 0 unspecified atom stereocenters. The van der Waals surface area contributed by atoms with Crippen LogP contribution in [-0.4, -0.2) is 70.0 Å². The van der Waals surface area contributed by atoms with E-state index < -0.39 is 62.6 Å². The van der Waals surface area contributed by atoms with Gasteiger partial charge >= 0.3 is 0 Å². The summed E-state index contributed by atoms with van der Waals surface area (Å²) in [5, 5.41) is 53.5. The highest BCUT2D eigenvalue weighted by molar-refractivity contribution is 7.86. The Morgan fingerprint density at radius 3 is 2.36 bits per heavy atom. The van der Waals surface area contributed by atoms with Gasteiger partial charge in [-0.2, -0.15) is 8.42 Å². The molecule has 3 fully saturated rings. The van der Waals surface area contributed by atoms with E-state index in [9.17, 15) is 33.4 Å². The molecular weight excluding hydrogens is 1230 g/mol. The third-order valence-electron chi connectivity index (χ3n) is 25.1. The Kier molecular flexibility index (Phi) is 16.7. The summed E-state index contributed by atoms with van der Waals surface area (Å²) >= 11 is 0. The average Bonchev–Trinajstić information content (AvgIpc) is 0.740. The SMILES string of the molecule is CNCc1cc2ccccc2c2c1CCc1cc([C@@H]3CC[C@@H]4[C@@H]5C=C[C@H]3[C@@]4(O)[C@H](Cc3ccccc3)[C@@H]([C@]3(N=C(N)N)Oc4ccc6c(c4)CC[C@@H](C)[C@@H]6C[C@@H](S(=O)(=O)O)[C@H]4C=C6C[C@H](C[C@H]7C[C@@H](CO)CC#Cc8cc(O)ccc8[C@@H]6O7)[C@@H]4c4ccc3cc4)C5)ccc1[C@H](O)C2.